The number of nitrogens with two attached hydrogens (primary N) is 1. The minimum atomic E-state index is -0.748. The summed E-state index contributed by atoms with van der Waals surface area (Å²) in [4.78, 5) is 23.9. The third-order valence-electron chi connectivity index (χ3n) is 6.02. The Labute approximate surface area is 180 Å². The first-order valence-electron chi connectivity index (χ1n) is 11.1. The molecule has 2 amide bonds. The van der Waals surface area contributed by atoms with Crippen LogP contribution in [0.3, 0.4) is 0 Å². The van der Waals surface area contributed by atoms with Gasteiger partial charge in [0.15, 0.2) is 0 Å². The van der Waals surface area contributed by atoms with E-state index in [1.165, 1.54) is 5.56 Å². The number of amides is 2. The van der Waals surface area contributed by atoms with Crippen molar-refractivity contribution in [2.45, 2.75) is 86.2 Å². The number of rotatable bonds is 7. The molecule has 0 spiro atoms. The summed E-state index contributed by atoms with van der Waals surface area (Å²) in [6, 6.07) is 4.25. The zero-order chi connectivity index (χ0) is 22.5. The van der Waals surface area contributed by atoms with Crippen molar-refractivity contribution < 1.29 is 19.1 Å². The van der Waals surface area contributed by atoms with E-state index in [4.69, 9.17) is 15.2 Å². The highest BCUT2D eigenvalue weighted by Crippen LogP contribution is 2.46. The number of hydrogen-bond acceptors (Lipinski definition) is 4. The predicted octanol–water partition coefficient (Wildman–Crippen LogP) is 5.14. The zero-order valence-corrected chi connectivity index (χ0v) is 19.4. The molecule has 2 atom stereocenters. The maximum absolute atomic E-state index is 12.7. The molecule has 0 saturated heterocycles. The molecule has 0 bridgehead atoms. The van der Waals surface area contributed by atoms with E-state index in [1.54, 1.807) is 0 Å². The molecule has 2 unspecified atom stereocenters. The first-order chi connectivity index (χ1) is 14.0. The SMILES string of the molecule is CCc1cc(CC)c(OC(=O)NCC2(C)CC(OC(N)=O)CC(C)(C)C2)c(CC)c1. The van der Waals surface area contributed by atoms with Gasteiger partial charge in [-0.05, 0) is 66.0 Å². The van der Waals surface area contributed by atoms with Crippen molar-refractivity contribution in [1.82, 2.24) is 5.32 Å². The molecule has 0 heterocycles. The molecule has 1 aliphatic carbocycles. The molecule has 168 valence electrons. The van der Waals surface area contributed by atoms with Crippen LogP contribution in [0.5, 0.6) is 5.75 Å². The maximum atomic E-state index is 12.7. The molecule has 0 radical (unpaired) electrons. The van der Waals surface area contributed by atoms with Gasteiger partial charge in [-0.1, -0.05) is 53.7 Å². The van der Waals surface area contributed by atoms with Crippen molar-refractivity contribution in [3.05, 3.63) is 28.8 Å². The zero-order valence-electron chi connectivity index (χ0n) is 19.4. The summed E-state index contributed by atoms with van der Waals surface area (Å²) < 4.78 is 11.1. The summed E-state index contributed by atoms with van der Waals surface area (Å²) in [7, 11) is 0. The first kappa shape index (κ1) is 24.0. The minimum Gasteiger partial charge on any atom is -0.446 e. The van der Waals surface area contributed by atoms with Gasteiger partial charge in [0.25, 0.3) is 0 Å². The fourth-order valence-electron chi connectivity index (χ4n) is 5.02. The van der Waals surface area contributed by atoms with Crippen molar-refractivity contribution in [2.24, 2.45) is 16.6 Å². The van der Waals surface area contributed by atoms with Crippen LogP contribution in [0.1, 0.15) is 77.5 Å². The molecule has 1 aromatic carbocycles. The van der Waals surface area contributed by atoms with Gasteiger partial charge in [-0.3, -0.25) is 0 Å². The number of primary amides is 1. The van der Waals surface area contributed by atoms with Gasteiger partial charge in [0.1, 0.15) is 11.9 Å². The van der Waals surface area contributed by atoms with Gasteiger partial charge >= 0.3 is 12.2 Å². The number of benzene rings is 1. The highest BCUT2D eigenvalue weighted by Gasteiger charge is 2.42. The van der Waals surface area contributed by atoms with Crippen LogP contribution >= 0.6 is 0 Å². The van der Waals surface area contributed by atoms with Crippen LogP contribution in [0, 0.1) is 10.8 Å². The van der Waals surface area contributed by atoms with Crippen LogP contribution in [0.4, 0.5) is 9.59 Å². The molecular weight excluding hydrogens is 380 g/mol. The molecule has 2 rings (SSSR count). The summed E-state index contributed by atoms with van der Waals surface area (Å²) in [5, 5.41) is 2.95. The summed E-state index contributed by atoms with van der Waals surface area (Å²) >= 11 is 0. The van der Waals surface area contributed by atoms with E-state index in [0.29, 0.717) is 18.7 Å². The van der Waals surface area contributed by atoms with E-state index in [-0.39, 0.29) is 16.9 Å². The number of carbonyl (C=O) groups is 2. The van der Waals surface area contributed by atoms with Crippen molar-refractivity contribution >= 4 is 12.2 Å². The fraction of sp³-hybridized carbons (Fsp3) is 0.667. The van der Waals surface area contributed by atoms with Crippen LogP contribution in [0.15, 0.2) is 12.1 Å². The lowest BCUT2D eigenvalue weighted by atomic mass is 9.63. The third kappa shape index (κ3) is 6.38. The lowest BCUT2D eigenvalue weighted by Gasteiger charge is -2.45. The second kappa shape index (κ2) is 9.71. The van der Waals surface area contributed by atoms with Crippen LogP contribution in [-0.2, 0) is 24.0 Å². The lowest BCUT2D eigenvalue weighted by Crippen LogP contribution is -2.47. The summed E-state index contributed by atoms with van der Waals surface area (Å²) in [6.45, 7) is 13.1. The second-order valence-electron chi connectivity index (χ2n) is 9.67. The van der Waals surface area contributed by atoms with E-state index in [9.17, 15) is 9.59 Å². The molecule has 3 N–H and O–H groups in total. The highest BCUT2D eigenvalue weighted by molar-refractivity contribution is 5.71. The van der Waals surface area contributed by atoms with Gasteiger partial charge in [0.2, 0.25) is 0 Å². The molecule has 6 nitrogen and oxygen atoms in total. The fourth-order valence-corrected chi connectivity index (χ4v) is 5.02. The standard InChI is InChI=1S/C24H38N2O4/c1-7-16-10-17(8-2)20(18(9-3)11-16)30-22(28)26-15-24(6)13-19(29-21(25)27)12-23(4,5)14-24/h10-11,19H,7-9,12-15H2,1-6H3,(H2,25,27)(H,26,28). The molecular formula is C24H38N2O4. The van der Waals surface area contributed by atoms with Crippen LogP contribution in [0.2, 0.25) is 0 Å². The van der Waals surface area contributed by atoms with Gasteiger partial charge in [-0.25, -0.2) is 9.59 Å². The van der Waals surface area contributed by atoms with Gasteiger partial charge < -0.3 is 20.5 Å². The number of ether oxygens (including phenoxy) is 2. The van der Waals surface area contributed by atoms with E-state index < -0.39 is 12.2 Å². The largest absolute Gasteiger partial charge is 0.446 e. The molecule has 1 saturated carbocycles. The normalized spacial score (nSPS) is 22.9. The van der Waals surface area contributed by atoms with Crippen LogP contribution in [0.25, 0.3) is 0 Å². The first-order valence-corrected chi connectivity index (χ1v) is 11.1. The Morgan fingerprint density at radius 3 is 2.17 bits per heavy atom. The second-order valence-corrected chi connectivity index (χ2v) is 9.67. The van der Waals surface area contributed by atoms with Gasteiger partial charge in [-0.15, -0.1) is 0 Å². The molecule has 6 heteroatoms. The predicted molar refractivity (Wildman–Crippen MR) is 119 cm³/mol. The Morgan fingerprint density at radius 2 is 1.67 bits per heavy atom. The molecule has 0 aromatic heterocycles. The third-order valence-corrected chi connectivity index (χ3v) is 6.02. The average Bonchev–Trinajstić information content (AvgIpc) is 2.64. The van der Waals surface area contributed by atoms with Gasteiger partial charge in [0, 0.05) is 6.54 Å². The Morgan fingerprint density at radius 1 is 1.07 bits per heavy atom. The molecule has 0 aliphatic heterocycles. The number of carbonyl (C=O) groups excluding carboxylic acids is 2. The Kier molecular flexibility index (Phi) is 7.78. The topological polar surface area (TPSA) is 90.7 Å². The molecule has 30 heavy (non-hydrogen) atoms. The van der Waals surface area contributed by atoms with Gasteiger partial charge in [0.05, 0.1) is 0 Å². The Hall–Kier alpha value is -2.24. The summed E-state index contributed by atoms with van der Waals surface area (Å²) in [6.07, 6.45) is 3.46. The number of nitrogens with one attached hydrogen (secondary N) is 1. The van der Waals surface area contributed by atoms with Crippen molar-refractivity contribution in [1.29, 1.82) is 0 Å². The smallest absolute Gasteiger partial charge is 0.412 e. The Balaban J connectivity index is 2.09. The summed E-state index contributed by atoms with van der Waals surface area (Å²) in [5.74, 6) is 0.679. The molecule has 1 aliphatic rings. The van der Waals surface area contributed by atoms with E-state index >= 15 is 0 Å². The van der Waals surface area contributed by atoms with E-state index in [1.807, 2.05) is 0 Å². The molecule has 1 aromatic rings. The van der Waals surface area contributed by atoms with Gasteiger partial charge in [-0.2, -0.15) is 0 Å². The van der Waals surface area contributed by atoms with Crippen molar-refractivity contribution in [3.8, 4) is 5.75 Å². The minimum absolute atomic E-state index is 0.0144. The van der Waals surface area contributed by atoms with E-state index in [2.05, 4.69) is 59.0 Å². The maximum Gasteiger partial charge on any atom is 0.412 e. The molecule has 1 fully saturated rings. The van der Waals surface area contributed by atoms with E-state index in [0.717, 1.165) is 43.2 Å². The van der Waals surface area contributed by atoms with Crippen LogP contribution in [-0.4, -0.2) is 24.8 Å². The average molecular weight is 419 g/mol. The monoisotopic (exact) mass is 418 g/mol. The lowest BCUT2D eigenvalue weighted by molar-refractivity contribution is -0.0163. The Bertz CT molecular complexity index is 749. The van der Waals surface area contributed by atoms with Crippen molar-refractivity contribution in [2.75, 3.05) is 6.54 Å². The number of aryl methyl sites for hydroxylation is 3. The van der Waals surface area contributed by atoms with Crippen molar-refractivity contribution in [3.63, 3.8) is 0 Å². The quantitative estimate of drug-likeness (QED) is 0.641. The summed E-state index contributed by atoms with van der Waals surface area (Å²) in [5.41, 5.74) is 8.38. The number of hydrogen-bond donors (Lipinski definition) is 2. The van der Waals surface area contributed by atoms with Crippen LogP contribution < -0.4 is 15.8 Å². The highest BCUT2D eigenvalue weighted by atomic mass is 16.6.